The van der Waals surface area contributed by atoms with E-state index in [4.69, 9.17) is 9.47 Å². The third kappa shape index (κ3) is 4.92. The largest absolute Gasteiger partial charge is 0.490 e. The van der Waals surface area contributed by atoms with Crippen LogP contribution in [-0.2, 0) is 0 Å². The highest BCUT2D eigenvalue weighted by Gasteiger charge is 2.15. The Hall–Kier alpha value is -1.22. The van der Waals surface area contributed by atoms with Crippen molar-refractivity contribution < 1.29 is 9.47 Å². The first-order valence-corrected chi connectivity index (χ1v) is 8.22. The van der Waals surface area contributed by atoms with Gasteiger partial charge in [-0.1, -0.05) is 19.9 Å². The molecule has 2 atom stereocenters. The maximum absolute atomic E-state index is 5.77. The van der Waals surface area contributed by atoms with Crippen molar-refractivity contribution in [3.05, 3.63) is 23.8 Å². The minimum absolute atomic E-state index is 0.323. The molecule has 0 saturated heterocycles. The highest BCUT2D eigenvalue weighted by molar-refractivity contribution is 5.44. The molecule has 21 heavy (non-hydrogen) atoms. The fourth-order valence-electron chi connectivity index (χ4n) is 2.64. The van der Waals surface area contributed by atoms with Gasteiger partial charge in [0.15, 0.2) is 11.5 Å². The molecule has 1 N–H and O–H groups in total. The molecule has 3 nitrogen and oxygen atoms in total. The number of hydrogen-bond acceptors (Lipinski definition) is 3. The predicted octanol–water partition coefficient (Wildman–Crippen LogP) is 4.32. The second kappa shape index (κ2) is 7.69. The number of hydrogen-bond donors (Lipinski definition) is 1. The summed E-state index contributed by atoms with van der Waals surface area (Å²) in [6.45, 7) is 10.5. The molecule has 0 aromatic heterocycles. The molecule has 2 rings (SSSR count). The molecule has 0 amide bonds. The Balaban J connectivity index is 1.96. The summed E-state index contributed by atoms with van der Waals surface area (Å²) in [6, 6.07) is 7.14. The van der Waals surface area contributed by atoms with Crippen LogP contribution in [0.5, 0.6) is 11.5 Å². The summed E-state index contributed by atoms with van der Waals surface area (Å²) in [7, 11) is 0. The van der Waals surface area contributed by atoms with Crippen LogP contribution < -0.4 is 14.8 Å². The lowest BCUT2D eigenvalue weighted by atomic mass is 10.0. The van der Waals surface area contributed by atoms with E-state index < -0.39 is 0 Å². The highest BCUT2D eigenvalue weighted by atomic mass is 16.5. The standard InChI is InChI=1S/C18H29NO2/c1-13(2)6-7-14(3)19-15(4)16-8-9-17-18(12-16)21-11-5-10-20-17/h8-9,12-15,19H,5-7,10-11H2,1-4H3. The molecular formula is C18H29NO2. The zero-order valence-electron chi connectivity index (χ0n) is 13.8. The first-order valence-electron chi connectivity index (χ1n) is 8.22. The summed E-state index contributed by atoms with van der Waals surface area (Å²) in [5, 5.41) is 3.68. The zero-order chi connectivity index (χ0) is 15.2. The minimum atomic E-state index is 0.323. The summed E-state index contributed by atoms with van der Waals surface area (Å²) < 4.78 is 11.5. The number of nitrogens with one attached hydrogen (secondary N) is 1. The molecule has 118 valence electrons. The van der Waals surface area contributed by atoms with E-state index in [1.54, 1.807) is 0 Å². The lowest BCUT2D eigenvalue weighted by Crippen LogP contribution is -2.29. The van der Waals surface area contributed by atoms with Crippen molar-refractivity contribution >= 4 is 0 Å². The Morgan fingerprint density at radius 3 is 2.43 bits per heavy atom. The third-order valence-corrected chi connectivity index (χ3v) is 3.98. The zero-order valence-corrected chi connectivity index (χ0v) is 13.8. The van der Waals surface area contributed by atoms with Gasteiger partial charge in [-0.2, -0.15) is 0 Å². The smallest absolute Gasteiger partial charge is 0.161 e. The van der Waals surface area contributed by atoms with Crippen LogP contribution in [0.25, 0.3) is 0 Å². The summed E-state index contributed by atoms with van der Waals surface area (Å²) in [4.78, 5) is 0. The first-order chi connectivity index (χ1) is 10.1. The molecular weight excluding hydrogens is 262 g/mol. The molecule has 1 aliphatic heterocycles. The maximum atomic E-state index is 5.77. The molecule has 0 spiro atoms. The van der Waals surface area contributed by atoms with Gasteiger partial charge in [0.05, 0.1) is 13.2 Å². The van der Waals surface area contributed by atoms with Crippen LogP contribution in [0.4, 0.5) is 0 Å². The van der Waals surface area contributed by atoms with Crippen LogP contribution in [0.1, 0.15) is 58.6 Å². The van der Waals surface area contributed by atoms with Gasteiger partial charge in [-0.15, -0.1) is 0 Å². The van der Waals surface area contributed by atoms with Crippen LogP contribution in [0.3, 0.4) is 0 Å². The molecule has 0 aliphatic carbocycles. The lowest BCUT2D eigenvalue weighted by Gasteiger charge is -2.22. The van der Waals surface area contributed by atoms with Gasteiger partial charge in [-0.05, 0) is 50.3 Å². The Morgan fingerprint density at radius 2 is 1.71 bits per heavy atom. The van der Waals surface area contributed by atoms with Crippen molar-refractivity contribution in [2.24, 2.45) is 5.92 Å². The van der Waals surface area contributed by atoms with Crippen LogP contribution >= 0.6 is 0 Å². The van der Waals surface area contributed by atoms with E-state index in [-0.39, 0.29) is 0 Å². The normalized spacial score (nSPS) is 17.4. The highest BCUT2D eigenvalue weighted by Crippen LogP contribution is 2.32. The van der Waals surface area contributed by atoms with E-state index in [1.807, 2.05) is 6.07 Å². The second-order valence-electron chi connectivity index (χ2n) is 6.52. The monoisotopic (exact) mass is 291 g/mol. The molecule has 1 heterocycles. The summed E-state index contributed by atoms with van der Waals surface area (Å²) in [5.74, 6) is 2.52. The van der Waals surface area contributed by atoms with Gasteiger partial charge >= 0.3 is 0 Å². The first kappa shape index (κ1) is 16.2. The molecule has 1 aromatic rings. The summed E-state index contributed by atoms with van der Waals surface area (Å²) in [5.41, 5.74) is 1.26. The van der Waals surface area contributed by atoms with Gasteiger partial charge in [-0.3, -0.25) is 0 Å². The summed E-state index contributed by atoms with van der Waals surface area (Å²) in [6.07, 6.45) is 3.43. The van der Waals surface area contributed by atoms with Crippen molar-refractivity contribution in [2.45, 2.75) is 59.0 Å². The van der Waals surface area contributed by atoms with Crippen molar-refractivity contribution in [3.63, 3.8) is 0 Å². The molecule has 0 bridgehead atoms. The third-order valence-electron chi connectivity index (χ3n) is 3.98. The number of ether oxygens (including phenoxy) is 2. The molecule has 0 saturated carbocycles. The molecule has 1 aromatic carbocycles. The number of fused-ring (bicyclic) bond motifs is 1. The van der Waals surface area contributed by atoms with Gasteiger partial charge in [0, 0.05) is 18.5 Å². The molecule has 0 radical (unpaired) electrons. The van der Waals surface area contributed by atoms with E-state index in [0.717, 1.165) is 37.1 Å². The Bertz CT molecular complexity index is 445. The Kier molecular flexibility index (Phi) is 5.92. The average Bonchev–Trinajstić information content (AvgIpc) is 2.69. The SMILES string of the molecule is CC(C)CCC(C)NC(C)c1ccc2c(c1)OCCCO2. The van der Waals surface area contributed by atoms with Gasteiger partial charge in [0.25, 0.3) is 0 Å². The predicted molar refractivity (Wildman–Crippen MR) is 87.1 cm³/mol. The van der Waals surface area contributed by atoms with Gasteiger partial charge < -0.3 is 14.8 Å². The van der Waals surface area contributed by atoms with Crippen LogP contribution in [0.2, 0.25) is 0 Å². The van der Waals surface area contributed by atoms with Gasteiger partial charge in [0.2, 0.25) is 0 Å². The molecule has 1 aliphatic rings. The number of benzene rings is 1. The van der Waals surface area contributed by atoms with E-state index >= 15 is 0 Å². The minimum Gasteiger partial charge on any atom is -0.490 e. The van der Waals surface area contributed by atoms with E-state index in [0.29, 0.717) is 12.1 Å². The molecule has 0 fully saturated rings. The van der Waals surface area contributed by atoms with Crippen LogP contribution in [0, 0.1) is 5.92 Å². The van der Waals surface area contributed by atoms with Gasteiger partial charge in [-0.25, -0.2) is 0 Å². The van der Waals surface area contributed by atoms with Crippen molar-refractivity contribution in [1.29, 1.82) is 0 Å². The average molecular weight is 291 g/mol. The lowest BCUT2D eigenvalue weighted by molar-refractivity contribution is 0.297. The Morgan fingerprint density at radius 1 is 1.00 bits per heavy atom. The fourth-order valence-corrected chi connectivity index (χ4v) is 2.64. The van der Waals surface area contributed by atoms with E-state index in [9.17, 15) is 0 Å². The van der Waals surface area contributed by atoms with Crippen molar-refractivity contribution in [2.75, 3.05) is 13.2 Å². The van der Waals surface area contributed by atoms with E-state index in [1.165, 1.54) is 18.4 Å². The fraction of sp³-hybridized carbons (Fsp3) is 0.667. The maximum Gasteiger partial charge on any atom is 0.161 e. The topological polar surface area (TPSA) is 30.5 Å². The second-order valence-corrected chi connectivity index (χ2v) is 6.52. The van der Waals surface area contributed by atoms with Crippen molar-refractivity contribution in [3.8, 4) is 11.5 Å². The molecule has 2 unspecified atom stereocenters. The van der Waals surface area contributed by atoms with E-state index in [2.05, 4.69) is 45.1 Å². The van der Waals surface area contributed by atoms with Crippen LogP contribution in [0.15, 0.2) is 18.2 Å². The van der Waals surface area contributed by atoms with Crippen molar-refractivity contribution in [1.82, 2.24) is 5.32 Å². The molecule has 3 heteroatoms. The van der Waals surface area contributed by atoms with Gasteiger partial charge in [0.1, 0.15) is 0 Å². The summed E-state index contributed by atoms with van der Waals surface area (Å²) >= 11 is 0. The Labute approximate surface area is 129 Å². The quantitative estimate of drug-likeness (QED) is 0.846. The van der Waals surface area contributed by atoms with Crippen LogP contribution in [-0.4, -0.2) is 19.3 Å². The number of rotatable bonds is 6.